The van der Waals surface area contributed by atoms with E-state index in [1.165, 1.54) is 11.9 Å². The van der Waals surface area contributed by atoms with E-state index in [9.17, 15) is 48.0 Å². The third-order valence-corrected chi connectivity index (χ3v) is 9.72. The Bertz CT molecular complexity index is 1540. The number of nitrogens with one attached hydrogen (secondary N) is 2. The number of amides is 1. The molecule has 43 heavy (non-hydrogen) atoms. The molecule has 2 heterocycles. The second-order valence-corrected chi connectivity index (χ2v) is 11.8. The maximum Gasteiger partial charge on any atom is 0.573 e. The lowest BCUT2D eigenvalue weighted by Crippen LogP contribution is -2.64. The maximum atomic E-state index is 14.0. The van der Waals surface area contributed by atoms with E-state index in [2.05, 4.69) is 15.4 Å². The van der Waals surface area contributed by atoms with Gasteiger partial charge in [0.05, 0.1) is 17.3 Å². The number of alkyl halides is 3. The highest BCUT2D eigenvalue weighted by Gasteiger charge is 2.63. The Balaban J connectivity index is 1.58. The summed E-state index contributed by atoms with van der Waals surface area (Å²) in [5.41, 5.74) is 0.241. The van der Waals surface area contributed by atoms with Crippen LogP contribution in [0, 0.1) is 17.8 Å². The van der Waals surface area contributed by atoms with Crippen molar-refractivity contribution in [2.75, 3.05) is 32.0 Å². The molecule has 6 rings (SSSR count). The molecule has 1 amide bonds. The maximum absolute atomic E-state index is 14.0. The Hall–Kier alpha value is -3.82. The van der Waals surface area contributed by atoms with Gasteiger partial charge < -0.3 is 41.5 Å². The first-order valence-corrected chi connectivity index (χ1v) is 14.0. The molecule has 3 aliphatic carbocycles. The van der Waals surface area contributed by atoms with Crippen molar-refractivity contribution in [2.45, 2.75) is 50.2 Å². The summed E-state index contributed by atoms with van der Waals surface area (Å²) in [7, 11) is 1.53. The number of hydrogen-bond donors (Lipinski definition) is 7. The van der Waals surface area contributed by atoms with Gasteiger partial charge >= 0.3 is 6.36 Å². The number of benzene rings is 1. The van der Waals surface area contributed by atoms with Gasteiger partial charge in [0, 0.05) is 35.2 Å². The average molecular weight is 609 g/mol. The molecule has 12 nitrogen and oxygen atoms in total. The molecule has 1 fully saturated rings. The number of primary amides is 1. The van der Waals surface area contributed by atoms with E-state index < -0.39 is 93.1 Å². The van der Waals surface area contributed by atoms with Crippen LogP contribution >= 0.6 is 0 Å². The van der Waals surface area contributed by atoms with Crippen LogP contribution in [-0.4, -0.2) is 87.5 Å². The lowest BCUT2D eigenvalue weighted by molar-refractivity contribution is -0.275. The summed E-state index contributed by atoms with van der Waals surface area (Å²) in [6, 6.07) is -1.81. The summed E-state index contributed by atoms with van der Waals surface area (Å²) < 4.78 is 46.1. The van der Waals surface area contributed by atoms with Crippen LogP contribution in [0.4, 0.5) is 18.9 Å². The highest BCUT2D eigenvalue weighted by molar-refractivity contribution is 6.25. The van der Waals surface area contributed by atoms with Crippen LogP contribution in [0.25, 0.3) is 0 Å². The number of aliphatic hydroxyl groups excluding tert-OH is 2. The zero-order valence-corrected chi connectivity index (χ0v) is 23.2. The summed E-state index contributed by atoms with van der Waals surface area (Å²) in [5.74, 6) is -9.41. The number of fused-ring (bicyclic) bond motifs is 6. The van der Waals surface area contributed by atoms with E-state index in [-0.39, 0.29) is 42.1 Å². The van der Waals surface area contributed by atoms with Crippen LogP contribution in [-0.2, 0) is 16.0 Å². The molecule has 15 heteroatoms. The van der Waals surface area contributed by atoms with Crippen LogP contribution in [0.2, 0.25) is 0 Å². The number of phenolic OH excluding ortho intramolecular Hbond substituents is 1. The van der Waals surface area contributed by atoms with Crippen molar-refractivity contribution in [1.29, 1.82) is 0 Å². The van der Waals surface area contributed by atoms with Crippen molar-refractivity contribution in [3.05, 3.63) is 39.4 Å². The van der Waals surface area contributed by atoms with E-state index in [4.69, 9.17) is 5.73 Å². The molecule has 0 saturated carbocycles. The van der Waals surface area contributed by atoms with Crippen molar-refractivity contribution < 1.29 is 52.7 Å². The molecule has 2 aliphatic heterocycles. The minimum absolute atomic E-state index is 0.0437. The van der Waals surface area contributed by atoms with Crippen LogP contribution in [0.1, 0.15) is 47.3 Å². The van der Waals surface area contributed by atoms with Crippen molar-refractivity contribution >= 4 is 23.2 Å². The summed E-state index contributed by atoms with van der Waals surface area (Å²) >= 11 is 0. The number of nitrogens with zero attached hydrogens (tertiary/aromatic N) is 1. The Morgan fingerprint density at radius 1 is 1.23 bits per heavy atom. The summed E-state index contributed by atoms with van der Waals surface area (Å²) in [4.78, 5) is 41.3. The van der Waals surface area contributed by atoms with Gasteiger partial charge in [0.2, 0.25) is 5.78 Å². The van der Waals surface area contributed by atoms with Gasteiger partial charge in [0.25, 0.3) is 5.91 Å². The lowest BCUT2D eigenvalue weighted by atomic mass is 9.58. The molecule has 2 unspecified atom stereocenters. The molecular weight excluding hydrogens is 577 g/mol. The molecule has 8 N–H and O–H groups in total. The topological polar surface area (TPSA) is 195 Å². The zero-order valence-electron chi connectivity index (χ0n) is 23.2. The highest BCUT2D eigenvalue weighted by Crippen LogP contribution is 2.57. The fourth-order valence-corrected chi connectivity index (χ4v) is 7.74. The summed E-state index contributed by atoms with van der Waals surface area (Å²) in [6.07, 6.45) is -5.08. The highest BCUT2D eigenvalue weighted by atomic mass is 19.4. The van der Waals surface area contributed by atoms with Gasteiger partial charge in [0.15, 0.2) is 17.1 Å². The van der Waals surface area contributed by atoms with Gasteiger partial charge in [-0.3, -0.25) is 19.3 Å². The first kappa shape index (κ1) is 29.3. The first-order valence-electron chi connectivity index (χ1n) is 14.0. The van der Waals surface area contributed by atoms with Crippen LogP contribution < -0.4 is 21.1 Å². The van der Waals surface area contributed by atoms with E-state index in [1.807, 2.05) is 0 Å². The standard InChI is InChI=1S/C28H31F3N4O8/c1-3-35(2)19-12-7-10-6-11-14(20(36)13(10)24(39)27(12,42)25(40)16(22(19)38)26(32)41)21(37)18-15(23(11)43-28(29,30)31)17-9(8-34-18)4-5-33-17/h9-10,12,17,19,33-34,37-39,42H,3-8H2,1-2H3,(H2,32,41)/t9?,10-,12-,17?,19-,27-/m0/s1. The number of halogens is 3. The molecule has 0 bridgehead atoms. The Morgan fingerprint density at radius 3 is 2.56 bits per heavy atom. The van der Waals surface area contributed by atoms with Gasteiger partial charge in [-0.25, -0.2) is 0 Å². The van der Waals surface area contributed by atoms with Crippen molar-refractivity contribution in [3.8, 4) is 11.5 Å². The van der Waals surface area contributed by atoms with Crippen molar-refractivity contribution in [3.63, 3.8) is 0 Å². The average Bonchev–Trinajstić information content (AvgIpc) is 3.41. The zero-order chi connectivity index (χ0) is 31.3. The summed E-state index contributed by atoms with van der Waals surface area (Å²) in [5, 5.41) is 51.7. The molecule has 0 spiro atoms. The minimum Gasteiger partial charge on any atom is -0.510 e. The monoisotopic (exact) mass is 608 g/mol. The molecule has 0 aromatic heterocycles. The summed E-state index contributed by atoms with van der Waals surface area (Å²) in [6.45, 7) is 2.77. The number of hydrogen-bond acceptors (Lipinski definition) is 11. The Labute approximate surface area is 243 Å². The Morgan fingerprint density at radius 2 is 1.93 bits per heavy atom. The predicted molar refractivity (Wildman–Crippen MR) is 142 cm³/mol. The SMILES string of the molecule is CCN(C)[C@@H]1C(O)=C(C(N)=O)C(=O)[C@@]2(O)C(O)=C3C(=O)c4c(O)c5c(c(OC(F)(F)F)c4C[C@H]3C[C@@H]12)C1NCCC1CN5. The number of aromatic hydroxyl groups is 1. The predicted octanol–water partition coefficient (Wildman–Crippen LogP) is 1.49. The molecule has 5 aliphatic rings. The molecule has 1 saturated heterocycles. The van der Waals surface area contributed by atoms with Gasteiger partial charge in [-0.15, -0.1) is 13.2 Å². The van der Waals surface area contributed by atoms with Crippen molar-refractivity contribution in [2.24, 2.45) is 23.5 Å². The second-order valence-electron chi connectivity index (χ2n) is 11.8. The number of ether oxygens (including phenoxy) is 1. The molecule has 0 radical (unpaired) electrons. The largest absolute Gasteiger partial charge is 0.573 e. The number of allylic oxidation sites excluding steroid dienone is 1. The number of anilines is 1. The van der Waals surface area contributed by atoms with Crippen LogP contribution in [0.15, 0.2) is 22.7 Å². The van der Waals surface area contributed by atoms with E-state index in [0.29, 0.717) is 19.5 Å². The number of carbonyl (C=O) groups is 3. The molecule has 6 atom stereocenters. The number of phenols is 1. The molecule has 1 aromatic rings. The first-order chi connectivity index (χ1) is 20.1. The van der Waals surface area contributed by atoms with Crippen molar-refractivity contribution in [1.82, 2.24) is 10.2 Å². The van der Waals surface area contributed by atoms with E-state index >= 15 is 0 Å². The number of likely N-dealkylation sites (N-methyl/N-ethyl adjacent to an activating group) is 1. The van der Waals surface area contributed by atoms with Gasteiger partial charge in [-0.05, 0) is 51.2 Å². The number of carbonyl (C=O) groups excluding carboxylic acids is 3. The number of rotatable bonds is 4. The number of nitrogens with two attached hydrogens (primary N) is 1. The van der Waals surface area contributed by atoms with Gasteiger partial charge in [0.1, 0.15) is 22.8 Å². The number of Topliss-reactive ketones (excluding diaryl/α,β-unsaturated/α-hetero) is 2. The van der Waals surface area contributed by atoms with Crippen LogP contribution in [0.3, 0.4) is 0 Å². The van der Waals surface area contributed by atoms with E-state index in [1.54, 1.807) is 6.92 Å². The minimum atomic E-state index is -5.15. The van der Waals surface area contributed by atoms with Gasteiger partial charge in [-0.1, -0.05) is 6.92 Å². The molecule has 1 aromatic carbocycles. The molecular formula is C28H31F3N4O8. The number of ketones is 2. The fraction of sp³-hybridized carbons (Fsp3) is 0.536. The van der Waals surface area contributed by atoms with Gasteiger partial charge in [-0.2, -0.15) is 0 Å². The number of aliphatic hydroxyl groups is 3. The quantitative estimate of drug-likeness (QED) is 0.193. The third-order valence-electron chi connectivity index (χ3n) is 9.72. The second kappa shape index (κ2) is 9.59. The molecule has 232 valence electrons. The fourth-order valence-electron chi connectivity index (χ4n) is 7.74. The lowest BCUT2D eigenvalue weighted by Gasteiger charge is -2.50. The van der Waals surface area contributed by atoms with E-state index in [0.717, 1.165) is 0 Å². The Kier molecular flexibility index (Phi) is 6.53. The smallest absolute Gasteiger partial charge is 0.510 e. The van der Waals surface area contributed by atoms with Crippen LogP contribution in [0.5, 0.6) is 11.5 Å². The third kappa shape index (κ3) is 3.97. The normalized spacial score (nSPS) is 31.7.